The van der Waals surface area contributed by atoms with Crippen LogP contribution in [0.25, 0.3) is 11.1 Å². The third kappa shape index (κ3) is 4.02. The molecule has 2 aromatic rings. The molecule has 2 aliphatic rings. The molecule has 0 bridgehead atoms. The lowest BCUT2D eigenvalue weighted by Gasteiger charge is -2.36. The van der Waals surface area contributed by atoms with Crippen LogP contribution >= 0.6 is 0 Å². The Morgan fingerprint density at radius 2 is 2.04 bits per heavy atom. The van der Waals surface area contributed by atoms with Gasteiger partial charge in [-0.3, -0.25) is 0 Å². The second-order valence-corrected chi connectivity index (χ2v) is 7.87. The van der Waals surface area contributed by atoms with Crippen LogP contribution in [0.2, 0.25) is 0 Å². The van der Waals surface area contributed by atoms with Gasteiger partial charge < -0.3 is 19.5 Å². The fourth-order valence-corrected chi connectivity index (χ4v) is 3.79. The van der Waals surface area contributed by atoms with Gasteiger partial charge in [-0.15, -0.1) is 0 Å². The van der Waals surface area contributed by atoms with E-state index in [-0.39, 0.29) is 18.3 Å². The molecule has 1 saturated carbocycles. The first-order chi connectivity index (χ1) is 13.6. The van der Waals surface area contributed by atoms with Crippen molar-refractivity contribution in [2.45, 2.75) is 37.7 Å². The highest BCUT2D eigenvalue weighted by Crippen LogP contribution is 2.34. The van der Waals surface area contributed by atoms with Crippen LogP contribution in [-0.2, 0) is 4.79 Å². The van der Waals surface area contributed by atoms with Gasteiger partial charge in [0.25, 0.3) is 0 Å². The quantitative estimate of drug-likeness (QED) is 0.771. The van der Waals surface area contributed by atoms with Crippen molar-refractivity contribution in [1.29, 1.82) is 0 Å². The molecule has 0 atom stereocenters. The number of hydrogen-bond acceptors (Lipinski definition) is 5. The Kier molecular flexibility index (Phi) is 5.31. The molecule has 1 aliphatic carbocycles. The number of carbonyl (C=O) groups is 1. The first kappa shape index (κ1) is 18.9. The van der Waals surface area contributed by atoms with Gasteiger partial charge >= 0.3 is 0 Å². The predicted molar refractivity (Wildman–Crippen MR) is 105 cm³/mol. The summed E-state index contributed by atoms with van der Waals surface area (Å²) >= 11 is 0. The Morgan fingerprint density at radius 3 is 2.71 bits per heavy atom. The number of aliphatic hydroxyl groups is 1. The fourth-order valence-electron chi connectivity index (χ4n) is 3.79. The highest BCUT2D eigenvalue weighted by Gasteiger charge is 2.35. The summed E-state index contributed by atoms with van der Waals surface area (Å²) in [4.78, 5) is 17.5. The van der Waals surface area contributed by atoms with Crippen molar-refractivity contribution in [1.82, 2.24) is 4.98 Å². The lowest BCUT2D eigenvalue weighted by atomic mass is 9.81. The summed E-state index contributed by atoms with van der Waals surface area (Å²) in [6.45, 7) is 1.76. The van der Waals surface area contributed by atoms with Crippen molar-refractivity contribution in [3.8, 4) is 16.9 Å². The average Bonchev–Trinajstić information content (AvgIpc) is 2.72. The molecule has 2 heterocycles. The Morgan fingerprint density at radius 1 is 1.25 bits per heavy atom. The maximum atomic E-state index is 14.5. The van der Waals surface area contributed by atoms with Gasteiger partial charge in [0.1, 0.15) is 30.3 Å². The molecule has 1 N–H and O–H groups in total. The van der Waals surface area contributed by atoms with Gasteiger partial charge in [0.15, 0.2) is 0 Å². The van der Waals surface area contributed by atoms with Crippen LogP contribution in [-0.4, -0.2) is 41.7 Å². The molecule has 5 nitrogen and oxygen atoms in total. The lowest BCUT2D eigenvalue weighted by molar-refractivity contribution is -0.111. The van der Waals surface area contributed by atoms with E-state index >= 15 is 0 Å². The molecule has 1 saturated heterocycles. The van der Waals surface area contributed by atoms with E-state index in [1.165, 1.54) is 6.07 Å². The maximum absolute atomic E-state index is 14.5. The minimum Gasteiger partial charge on any atom is -0.491 e. The number of aromatic nitrogens is 1. The molecule has 6 heteroatoms. The molecule has 0 radical (unpaired) electrons. The number of rotatable bonds is 6. The lowest BCUT2D eigenvalue weighted by Crippen LogP contribution is -2.42. The first-order valence-corrected chi connectivity index (χ1v) is 9.88. The van der Waals surface area contributed by atoms with E-state index in [1.807, 2.05) is 6.07 Å². The zero-order valence-electron chi connectivity index (χ0n) is 15.8. The van der Waals surface area contributed by atoms with Gasteiger partial charge in [-0.05, 0) is 68.0 Å². The van der Waals surface area contributed by atoms with Gasteiger partial charge in [0.2, 0.25) is 0 Å². The maximum Gasteiger partial charge on any atom is 0.131 e. The van der Waals surface area contributed by atoms with Crippen LogP contribution in [0.5, 0.6) is 5.75 Å². The van der Waals surface area contributed by atoms with Crippen molar-refractivity contribution in [3.63, 3.8) is 0 Å². The molecule has 1 aliphatic heterocycles. The zero-order valence-corrected chi connectivity index (χ0v) is 15.8. The molecule has 0 unspecified atom stereocenters. The second kappa shape index (κ2) is 7.87. The van der Waals surface area contributed by atoms with E-state index in [4.69, 9.17) is 4.74 Å². The number of carbonyl (C=O) groups excluding carboxylic acids is 1. The van der Waals surface area contributed by atoms with Crippen molar-refractivity contribution in [3.05, 3.63) is 42.3 Å². The third-order valence-electron chi connectivity index (χ3n) is 5.84. The molecule has 148 valence electrons. The van der Waals surface area contributed by atoms with E-state index in [0.717, 1.165) is 62.9 Å². The fraction of sp³-hybridized carbons (Fsp3) is 0.455. The standard InChI is InChI=1S/C22H25FN2O3/c23-20-3-2-18(28-15-22(27)7-1-8-22)13-19(20)17-4-9-24-21(12-17)25-10-5-16(14-26)6-11-25/h2-4,9,12-14,16,27H,1,5-8,10-11,15H2. The minimum atomic E-state index is -0.744. The predicted octanol–water partition coefficient (Wildman–Crippen LogP) is 3.60. The monoisotopic (exact) mass is 384 g/mol. The van der Waals surface area contributed by atoms with E-state index in [0.29, 0.717) is 11.3 Å². The Balaban J connectivity index is 1.52. The van der Waals surface area contributed by atoms with Gasteiger partial charge in [0.05, 0.1) is 5.60 Å². The zero-order chi connectivity index (χ0) is 19.6. The highest BCUT2D eigenvalue weighted by molar-refractivity contribution is 5.68. The molecular formula is C22H25FN2O3. The number of nitrogens with zero attached hydrogens (tertiary/aromatic N) is 2. The number of pyridine rings is 1. The summed E-state index contributed by atoms with van der Waals surface area (Å²) in [6, 6.07) is 8.32. The van der Waals surface area contributed by atoms with E-state index in [2.05, 4.69) is 9.88 Å². The largest absolute Gasteiger partial charge is 0.491 e. The Hall–Kier alpha value is -2.47. The number of piperidine rings is 1. The van der Waals surface area contributed by atoms with Gasteiger partial charge in [-0.2, -0.15) is 0 Å². The summed E-state index contributed by atoms with van der Waals surface area (Å²) in [6.07, 6.45) is 6.85. The molecule has 1 aromatic carbocycles. The summed E-state index contributed by atoms with van der Waals surface area (Å²) in [7, 11) is 0. The number of anilines is 1. The third-order valence-corrected chi connectivity index (χ3v) is 5.84. The summed E-state index contributed by atoms with van der Waals surface area (Å²) in [5.74, 6) is 1.13. The number of halogens is 1. The summed E-state index contributed by atoms with van der Waals surface area (Å²) in [5.41, 5.74) is 0.434. The van der Waals surface area contributed by atoms with Crippen molar-refractivity contribution in [2.24, 2.45) is 5.92 Å². The minimum absolute atomic E-state index is 0.121. The first-order valence-electron chi connectivity index (χ1n) is 9.88. The van der Waals surface area contributed by atoms with Crippen LogP contribution in [0.15, 0.2) is 36.5 Å². The van der Waals surface area contributed by atoms with Crippen LogP contribution < -0.4 is 9.64 Å². The molecule has 28 heavy (non-hydrogen) atoms. The highest BCUT2D eigenvalue weighted by atomic mass is 19.1. The topological polar surface area (TPSA) is 62.7 Å². The molecular weight excluding hydrogens is 359 g/mol. The van der Waals surface area contributed by atoms with E-state index < -0.39 is 5.60 Å². The average molecular weight is 384 g/mol. The van der Waals surface area contributed by atoms with Crippen LogP contribution in [0.1, 0.15) is 32.1 Å². The Bertz CT molecular complexity index is 845. The SMILES string of the molecule is O=CC1CCN(c2cc(-c3cc(OCC4(O)CCC4)ccc3F)ccn2)CC1. The van der Waals surface area contributed by atoms with Crippen molar-refractivity contribution in [2.75, 3.05) is 24.6 Å². The Labute approximate surface area is 164 Å². The molecule has 2 fully saturated rings. The number of aldehydes is 1. The summed E-state index contributed by atoms with van der Waals surface area (Å²) in [5, 5.41) is 10.2. The molecule has 0 amide bonds. The van der Waals surface area contributed by atoms with Gasteiger partial charge in [0, 0.05) is 30.8 Å². The van der Waals surface area contributed by atoms with Crippen molar-refractivity contribution >= 4 is 12.1 Å². The van der Waals surface area contributed by atoms with Gasteiger partial charge in [-0.1, -0.05) is 0 Å². The van der Waals surface area contributed by atoms with E-state index in [9.17, 15) is 14.3 Å². The number of benzene rings is 1. The molecule has 1 aromatic heterocycles. The normalized spacial score (nSPS) is 19.1. The van der Waals surface area contributed by atoms with Crippen molar-refractivity contribution < 1.29 is 19.0 Å². The van der Waals surface area contributed by atoms with Gasteiger partial charge in [-0.25, -0.2) is 9.37 Å². The van der Waals surface area contributed by atoms with Crippen LogP contribution in [0.4, 0.5) is 10.2 Å². The number of hydrogen-bond donors (Lipinski definition) is 1. The molecule has 0 spiro atoms. The van der Waals surface area contributed by atoms with Crippen LogP contribution in [0, 0.1) is 11.7 Å². The second-order valence-electron chi connectivity index (χ2n) is 7.87. The van der Waals surface area contributed by atoms with Crippen LogP contribution in [0.3, 0.4) is 0 Å². The molecule has 4 rings (SSSR count). The number of ether oxygens (including phenoxy) is 1. The van der Waals surface area contributed by atoms with E-state index in [1.54, 1.807) is 24.4 Å². The smallest absolute Gasteiger partial charge is 0.131 e. The summed E-state index contributed by atoms with van der Waals surface area (Å²) < 4.78 is 20.2.